The van der Waals surface area contributed by atoms with E-state index in [9.17, 15) is 18.4 Å². The first-order chi connectivity index (χ1) is 17.3. The molecular weight excluding hydrogens is 466 g/mol. The number of alkyl halides is 2. The van der Waals surface area contributed by atoms with E-state index in [-0.39, 0.29) is 17.9 Å². The SMILES string of the molecule is CC(=O)C[C@]1(n2cn[nH]c2=O)CC[C@@](CO[C@H](C)c2cc(CF)cc(CF)c2)(c2ccccc2)NC1. The summed E-state index contributed by atoms with van der Waals surface area (Å²) in [6.45, 7) is 2.70. The summed E-state index contributed by atoms with van der Waals surface area (Å²) in [4.78, 5) is 24.6. The van der Waals surface area contributed by atoms with Crippen LogP contribution in [0.2, 0.25) is 0 Å². The average molecular weight is 499 g/mol. The smallest absolute Gasteiger partial charge is 0.343 e. The molecule has 1 aliphatic heterocycles. The van der Waals surface area contributed by atoms with E-state index in [0.29, 0.717) is 42.7 Å². The Morgan fingerprint density at radius 2 is 1.83 bits per heavy atom. The monoisotopic (exact) mass is 498 g/mol. The fourth-order valence-corrected chi connectivity index (χ4v) is 5.20. The zero-order chi connectivity index (χ0) is 25.8. The molecule has 0 bridgehead atoms. The Labute approximate surface area is 208 Å². The van der Waals surface area contributed by atoms with E-state index >= 15 is 0 Å². The van der Waals surface area contributed by atoms with Crippen LogP contribution in [-0.2, 0) is 34.0 Å². The maximum absolute atomic E-state index is 13.3. The molecule has 3 atom stereocenters. The van der Waals surface area contributed by atoms with Gasteiger partial charge in [-0.25, -0.2) is 18.7 Å². The van der Waals surface area contributed by atoms with Crippen molar-refractivity contribution in [1.29, 1.82) is 0 Å². The lowest BCUT2D eigenvalue weighted by Gasteiger charge is -2.47. The van der Waals surface area contributed by atoms with Gasteiger partial charge in [0.15, 0.2) is 0 Å². The summed E-state index contributed by atoms with van der Waals surface area (Å²) in [7, 11) is 0. The molecule has 2 heterocycles. The van der Waals surface area contributed by atoms with Gasteiger partial charge >= 0.3 is 5.69 Å². The quantitative estimate of drug-likeness (QED) is 0.437. The van der Waals surface area contributed by atoms with Crippen molar-refractivity contribution in [2.45, 2.75) is 63.6 Å². The third-order valence-electron chi connectivity index (χ3n) is 7.17. The molecule has 0 radical (unpaired) electrons. The van der Waals surface area contributed by atoms with Gasteiger partial charge in [0.25, 0.3) is 0 Å². The summed E-state index contributed by atoms with van der Waals surface area (Å²) < 4.78 is 34.5. The number of nitrogens with one attached hydrogen (secondary N) is 2. The van der Waals surface area contributed by atoms with E-state index in [4.69, 9.17) is 4.74 Å². The minimum absolute atomic E-state index is 0.0154. The number of benzene rings is 2. The molecule has 0 spiro atoms. The lowest BCUT2D eigenvalue weighted by Crippen LogP contribution is -2.60. The molecule has 9 heteroatoms. The van der Waals surface area contributed by atoms with Crippen LogP contribution in [0.15, 0.2) is 59.7 Å². The van der Waals surface area contributed by atoms with Crippen LogP contribution in [0.1, 0.15) is 61.5 Å². The van der Waals surface area contributed by atoms with E-state index < -0.39 is 30.5 Å². The number of piperidine rings is 1. The van der Waals surface area contributed by atoms with Crippen LogP contribution >= 0.6 is 0 Å². The summed E-state index contributed by atoms with van der Waals surface area (Å²) in [6.07, 6.45) is 2.39. The lowest BCUT2D eigenvalue weighted by molar-refractivity contribution is -0.119. The number of carbonyl (C=O) groups is 1. The van der Waals surface area contributed by atoms with Crippen molar-refractivity contribution < 1.29 is 18.3 Å². The van der Waals surface area contributed by atoms with Gasteiger partial charge in [0.2, 0.25) is 0 Å². The van der Waals surface area contributed by atoms with Crippen LogP contribution in [0.4, 0.5) is 8.78 Å². The fraction of sp³-hybridized carbons (Fsp3) is 0.444. The minimum Gasteiger partial charge on any atom is -0.372 e. The van der Waals surface area contributed by atoms with Crippen molar-refractivity contribution in [2.75, 3.05) is 13.2 Å². The number of aromatic amines is 1. The molecule has 3 aromatic rings. The first kappa shape index (κ1) is 25.9. The zero-order valence-corrected chi connectivity index (χ0v) is 20.6. The Morgan fingerprint density at radius 1 is 1.14 bits per heavy atom. The van der Waals surface area contributed by atoms with Crippen LogP contribution < -0.4 is 11.0 Å². The predicted octanol–water partition coefficient (Wildman–Crippen LogP) is 4.24. The highest BCUT2D eigenvalue weighted by atomic mass is 19.1. The Bertz CT molecular complexity index is 1210. The van der Waals surface area contributed by atoms with Gasteiger partial charge in [-0.15, -0.1) is 0 Å². The third kappa shape index (κ3) is 5.32. The number of hydrogen-bond donors (Lipinski definition) is 2. The first-order valence-corrected chi connectivity index (χ1v) is 12.1. The molecule has 0 unspecified atom stereocenters. The highest BCUT2D eigenvalue weighted by Gasteiger charge is 2.46. The van der Waals surface area contributed by atoms with Gasteiger partial charge in [0.1, 0.15) is 25.5 Å². The minimum atomic E-state index is -0.745. The normalized spacial score (nSPS) is 22.9. The van der Waals surface area contributed by atoms with Crippen LogP contribution in [-0.4, -0.2) is 33.7 Å². The molecule has 4 rings (SSSR count). The maximum Gasteiger partial charge on any atom is 0.343 e. The predicted molar refractivity (Wildman–Crippen MR) is 132 cm³/mol. The number of H-pyrrole nitrogens is 1. The molecule has 2 N–H and O–H groups in total. The summed E-state index contributed by atoms with van der Waals surface area (Å²) in [5, 5.41) is 9.92. The largest absolute Gasteiger partial charge is 0.372 e. The highest BCUT2D eigenvalue weighted by Crippen LogP contribution is 2.40. The van der Waals surface area contributed by atoms with Gasteiger partial charge in [0, 0.05) is 13.0 Å². The van der Waals surface area contributed by atoms with Crippen LogP contribution in [0.5, 0.6) is 0 Å². The Hall–Kier alpha value is -3.17. The number of hydrogen-bond acceptors (Lipinski definition) is 5. The summed E-state index contributed by atoms with van der Waals surface area (Å²) in [5.41, 5.74) is 0.900. The second kappa shape index (κ2) is 10.8. The van der Waals surface area contributed by atoms with Crippen molar-refractivity contribution in [3.05, 3.63) is 87.6 Å². The van der Waals surface area contributed by atoms with Crippen LogP contribution in [0, 0.1) is 0 Å². The van der Waals surface area contributed by atoms with Crippen molar-refractivity contribution >= 4 is 5.78 Å². The number of carbonyl (C=O) groups excluding carboxylic acids is 1. The lowest BCUT2D eigenvalue weighted by atomic mass is 9.74. The van der Waals surface area contributed by atoms with Gasteiger partial charge in [-0.1, -0.05) is 48.5 Å². The zero-order valence-electron chi connectivity index (χ0n) is 20.6. The second-order valence-corrected chi connectivity index (χ2v) is 9.74. The molecule has 1 aromatic heterocycles. The topological polar surface area (TPSA) is 89.0 Å². The molecule has 2 aromatic carbocycles. The van der Waals surface area contributed by atoms with Crippen LogP contribution in [0.3, 0.4) is 0 Å². The van der Waals surface area contributed by atoms with Crippen molar-refractivity contribution in [3.63, 3.8) is 0 Å². The van der Waals surface area contributed by atoms with Gasteiger partial charge < -0.3 is 10.1 Å². The number of Topliss-reactive ketones (excluding diaryl/α,β-unsaturated/α-hetero) is 1. The first-order valence-electron chi connectivity index (χ1n) is 12.1. The van der Waals surface area contributed by atoms with Crippen LogP contribution in [0.25, 0.3) is 0 Å². The molecule has 0 saturated carbocycles. The molecule has 1 fully saturated rings. The van der Waals surface area contributed by atoms with E-state index in [0.717, 1.165) is 5.56 Å². The molecule has 1 aliphatic rings. The van der Waals surface area contributed by atoms with Gasteiger partial charge in [-0.3, -0.25) is 9.36 Å². The summed E-state index contributed by atoms with van der Waals surface area (Å²) in [5.74, 6) is -0.0154. The molecule has 192 valence electrons. The summed E-state index contributed by atoms with van der Waals surface area (Å²) in [6, 6.07) is 14.8. The Balaban J connectivity index is 1.60. The average Bonchev–Trinajstić information content (AvgIpc) is 3.34. The Kier molecular flexibility index (Phi) is 7.80. The van der Waals surface area contributed by atoms with Gasteiger partial charge in [0.05, 0.1) is 23.8 Å². The van der Waals surface area contributed by atoms with Gasteiger partial charge in [-0.05, 0) is 48.9 Å². The number of nitrogens with zero attached hydrogens (tertiary/aromatic N) is 2. The van der Waals surface area contributed by atoms with Gasteiger partial charge in [-0.2, -0.15) is 5.10 Å². The molecule has 36 heavy (non-hydrogen) atoms. The molecule has 0 aliphatic carbocycles. The number of ether oxygens (including phenoxy) is 1. The number of aromatic nitrogens is 3. The van der Waals surface area contributed by atoms with E-state index in [1.54, 1.807) is 12.1 Å². The van der Waals surface area contributed by atoms with Crippen molar-refractivity contribution in [3.8, 4) is 0 Å². The molecule has 0 amide bonds. The van der Waals surface area contributed by atoms with E-state index in [1.165, 1.54) is 23.9 Å². The molecule has 7 nitrogen and oxygen atoms in total. The summed E-state index contributed by atoms with van der Waals surface area (Å²) >= 11 is 0. The number of ketones is 1. The van der Waals surface area contributed by atoms with E-state index in [1.807, 2.05) is 37.3 Å². The second-order valence-electron chi connectivity index (χ2n) is 9.74. The molecule has 1 saturated heterocycles. The maximum atomic E-state index is 13.3. The van der Waals surface area contributed by atoms with Crippen molar-refractivity contribution in [1.82, 2.24) is 20.1 Å². The standard InChI is InChI=1S/C27H32F2N4O3/c1-19(34)13-26(33-18-31-32-25(33)35)8-9-27(30-16-26,24-6-4-3-5-7-24)17-36-20(2)23-11-21(14-28)10-22(12-23)15-29/h3-7,10-12,18,20,30H,8-9,13-17H2,1-2H3,(H,32,35)/t20-,26-,27-/m1/s1. The Morgan fingerprint density at radius 3 is 2.36 bits per heavy atom. The number of rotatable bonds is 10. The fourth-order valence-electron chi connectivity index (χ4n) is 5.20. The van der Waals surface area contributed by atoms with E-state index in [2.05, 4.69) is 15.5 Å². The highest BCUT2D eigenvalue weighted by molar-refractivity contribution is 5.76. The number of halogens is 2. The third-order valence-corrected chi connectivity index (χ3v) is 7.17. The molecular formula is C27H32F2N4O3. The van der Waals surface area contributed by atoms with Crippen molar-refractivity contribution in [2.24, 2.45) is 0 Å².